The lowest BCUT2D eigenvalue weighted by molar-refractivity contribution is -0.131. The van der Waals surface area contributed by atoms with E-state index in [1.54, 1.807) is 30.5 Å². The van der Waals surface area contributed by atoms with Gasteiger partial charge in [-0.25, -0.2) is 9.78 Å². The van der Waals surface area contributed by atoms with E-state index in [9.17, 15) is 14.4 Å². The first-order chi connectivity index (χ1) is 16.9. The van der Waals surface area contributed by atoms with E-state index in [0.717, 1.165) is 11.3 Å². The number of thiazole rings is 1. The summed E-state index contributed by atoms with van der Waals surface area (Å²) >= 11 is 1.27. The highest BCUT2D eigenvalue weighted by molar-refractivity contribution is 7.14. The van der Waals surface area contributed by atoms with Crippen molar-refractivity contribution < 1.29 is 23.9 Å². The summed E-state index contributed by atoms with van der Waals surface area (Å²) in [4.78, 5) is 45.8. The molecule has 0 spiro atoms. The molecule has 1 atom stereocenters. The van der Waals surface area contributed by atoms with Crippen LogP contribution >= 0.6 is 11.3 Å². The molecule has 0 bridgehead atoms. The van der Waals surface area contributed by atoms with Gasteiger partial charge in [-0.05, 0) is 36.8 Å². The number of imide groups is 1. The van der Waals surface area contributed by atoms with Gasteiger partial charge in [0.1, 0.15) is 5.54 Å². The molecule has 9 nitrogen and oxygen atoms in total. The lowest BCUT2D eigenvalue weighted by atomic mass is 9.91. The maximum absolute atomic E-state index is 13.4. The fourth-order valence-corrected chi connectivity index (χ4v) is 5.03. The summed E-state index contributed by atoms with van der Waals surface area (Å²) in [7, 11) is 0. The number of fused-ring (bicyclic) bond motifs is 1. The second-order valence-electron chi connectivity index (χ2n) is 8.47. The molecule has 0 radical (unpaired) electrons. The van der Waals surface area contributed by atoms with Crippen LogP contribution in [-0.2, 0) is 21.7 Å². The van der Waals surface area contributed by atoms with Crippen LogP contribution in [0.1, 0.15) is 31.5 Å². The van der Waals surface area contributed by atoms with E-state index < -0.39 is 17.5 Å². The average molecular weight is 493 g/mol. The second-order valence-corrected chi connectivity index (χ2v) is 9.31. The van der Waals surface area contributed by atoms with Gasteiger partial charge in [-0.3, -0.25) is 19.4 Å². The molecule has 1 saturated heterocycles. The zero-order valence-electron chi connectivity index (χ0n) is 19.3. The number of para-hydroxylation sites is 1. The molecule has 2 aromatic carbocycles. The zero-order valence-corrected chi connectivity index (χ0v) is 20.1. The SMILES string of the molecule is CC(=O)N(c1ccccc1)c1nc(CN2C(=O)NC(C)(c3ccc4c(c3)OCCCO4)C2=O)cs1. The highest BCUT2D eigenvalue weighted by Crippen LogP contribution is 2.37. The van der Waals surface area contributed by atoms with Gasteiger partial charge in [-0.2, -0.15) is 0 Å². The number of nitrogens with one attached hydrogen (secondary N) is 1. The van der Waals surface area contributed by atoms with Crippen molar-refractivity contribution in [2.75, 3.05) is 18.1 Å². The number of nitrogens with zero attached hydrogens (tertiary/aromatic N) is 3. The lowest BCUT2D eigenvalue weighted by Gasteiger charge is -2.23. The third-order valence-corrected chi connectivity index (χ3v) is 6.85. The van der Waals surface area contributed by atoms with Gasteiger partial charge >= 0.3 is 6.03 Å². The van der Waals surface area contributed by atoms with E-state index in [2.05, 4.69) is 10.3 Å². The van der Waals surface area contributed by atoms with Crippen molar-refractivity contribution in [2.45, 2.75) is 32.4 Å². The molecule has 0 saturated carbocycles. The first-order valence-corrected chi connectivity index (χ1v) is 12.1. The van der Waals surface area contributed by atoms with Crippen LogP contribution in [0.15, 0.2) is 53.9 Å². The Bertz CT molecular complexity index is 1290. The number of hydrogen-bond acceptors (Lipinski definition) is 7. The van der Waals surface area contributed by atoms with E-state index >= 15 is 0 Å². The monoisotopic (exact) mass is 492 g/mol. The van der Waals surface area contributed by atoms with E-state index in [-0.39, 0.29) is 12.5 Å². The number of urea groups is 1. The smallest absolute Gasteiger partial charge is 0.325 e. The number of amides is 4. The Balaban J connectivity index is 1.37. The van der Waals surface area contributed by atoms with Gasteiger partial charge in [0.05, 0.1) is 31.1 Å². The van der Waals surface area contributed by atoms with Gasteiger partial charge in [0.15, 0.2) is 16.6 Å². The molecule has 10 heteroatoms. The third-order valence-electron chi connectivity index (χ3n) is 5.98. The Morgan fingerprint density at radius 2 is 1.89 bits per heavy atom. The molecule has 1 fully saturated rings. The van der Waals surface area contributed by atoms with Gasteiger partial charge < -0.3 is 14.8 Å². The fraction of sp³-hybridized carbons (Fsp3) is 0.280. The van der Waals surface area contributed by atoms with Crippen LogP contribution in [0.4, 0.5) is 15.6 Å². The van der Waals surface area contributed by atoms with Crippen LogP contribution < -0.4 is 19.7 Å². The Morgan fingerprint density at radius 1 is 1.14 bits per heavy atom. The molecule has 4 amide bonds. The number of benzene rings is 2. The van der Waals surface area contributed by atoms with E-state index in [1.165, 1.54) is 23.2 Å². The Labute approximate surface area is 206 Å². The highest BCUT2D eigenvalue weighted by atomic mass is 32.1. The number of carbonyl (C=O) groups is 3. The molecule has 2 aliphatic heterocycles. The van der Waals surface area contributed by atoms with Gasteiger partial charge in [0, 0.05) is 18.7 Å². The van der Waals surface area contributed by atoms with Gasteiger partial charge in [0.25, 0.3) is 5.91 Å². The maximum atomic E-state index is 13.4. The van der Waals surface area contributed by atoms with E-state index in [4.69, 9.17) is 9.47 Å². The summed E-state index contributed by atoms with van der Waals surface area (Å²) in [5.41, 5.74) is 0.556. The van der Waals surface area contributed by atoms with Crippen molar-refractivity contribution >= 4 is 40.0 Å². The highest BCUT2D eigenvalue weighted by Gasteiger charge is 2.49. The van der Waals surface area contributed by atoms with Crippen LogP contribution in [0.2, 0.25) is 0 Å². The molecule has 1 aromatic heterocycles. The summed E-state index contributed by atoms with van der Waals surface area (Å²) in [5, 5.41) is 5.03. The first-order valence-electron chi connectivity index (χ1n) is 11.2. The standard InChI is InChI=1S/C25H24N4O5S/c1-16(30)29(19-7-4-3-5-8-19)24-26-18(15-35-24)14-28-22(31)25(2,27-23(28)32)17-9-10-20-21(13-17)34-12-6-11-33-20/h3-5,7-10,13,15H,6,11-12,14H2,1-2H3,(H,27,32). The van der Waals surface area contributed by atoms with Crippen LogP contribution in [0.5, 0.6) is 11.5 Å². The number of aromatic nitrogens is 1. The number of carbonyl (C=O) groups excluding carboxylic acids is 3. The quantitative estimate of drug-likeness (QED) is 0.541. The predicted molar refractivity (Wildman–Crippen MR) is 130 cm³/mol. The van der Waals surface area contributed by atoms with Crippen molar-refractivity contribution in [3.63, 3.8) is 0 Å². The second kappa shape index (κ2) is 9.03. The first kappa shape index (κ1) is 22.9. The topological polar surface area (TPSA) is 101 Å². The van der Waals surface area contributed by atoms with E-state index in [1.807, 2.05) is 30.3 Å². The number of hydrogen-bond donors (Lipinski definition) is 1. The maximum Gasteiger partial charge on any atom is 0.325 e. The Hall–Kier alpha value is -3.92. The number of rotatable bonds is 5. The van der Waals surface area contributed by atoms with Gasteiger partial charge in [0.2, 0.25) is 5.91 Å². The van der Waals surface area contributed by atoms with Crippen molar-refractivity contribution in [1.82, 2.24) is 15.2 Å². The van der Waals surface area contributed by atoms with Crippen LogP contribution in [0.25, 0.3) is 0 Å². The summed E-state index contributed by atoms with van der Waals surface area (Å²) in [6, 6.07) is 13.9. The molecule has 2 aliphatic rings. The minimum absolute atomic E-state index is 0.0121. The predicted octanol–water partition coefficient (Wildman–Crippen LogP) is 3.96. The molecule has 1 N–H and O–H groups in total. The summed E-state index contributed by atoms with van der Waals surface area (Å²) in [6.07, 6.45) is 0.770. The largest absolute Gasteiger partial charge is 0.490 e. The molecule has 3 heterocycles. The van der Waals surface area contributed by atoms with Crippen LogP contribution in [-0.4, -0.2) is 40.9 Å². The van der Waals surface area contributed by atoms with Crippen molar-refractivity contribution in [3.8, 4) is 11.5 Å². The Morgan fingerprint density at radius 3 is 2.63 bits per heavy atom. The molecule has 35 heavy (non-hydrogen) atoms. The summed E-state index contributed by atoms with van der Waals surface area (Å²) in [5.74, 6) is 0.593. The number of ether oxygens (including phenoxy) is 2. The number of anilines is 2. The van der Waals surface area contributed by atoms with Gasteiger partial charge in [-0.1, -0.05) is 24.3 Å². The fourth-order valence-electron chi connectivity index (χ4n) is 4.15. The summed E-state index contributed by atoms with van der Waals surface area (Å²) < 4.78 is 11.4. The minimum Gasteiger partial charge on any atom is -0.490 e. The molecule has 180 valence electrons. The Kier molecular flexibility index (Phi) is 5.89. The van der Waals surface area contributed by atoms with Crippen molar-refractivity contribution in [1.29, 1.82) is 0 Å². The molecule has 5 rings (SSSR count). The zero-order chi connectivity index (χ0) is 24.6. The lowest BCUT2D eigenvalue weighted by Crippen LogP contribution is -2.40. The molecular weight excluding hydrogens is 468 g/mol. The van der Waals surface area contributed by atoms with Crippen molar-refractivity contribution in [3.05, 3.63) is 65.2 Å². The van der Waals surface area contributed by atoms with Gasteiger partial charge in [-0.15, -0.1) is 11.3 Å². The normalized spacial score (nSPS) is 19.3. The molecule has 0 aliphatic carbocycles. The summed E-state index contributed by atoms with van der Waals surface area (Å²) in [6.45, 7) is 4.21. The minimum atomic E-state index is -1.25. The van der Waals surface area contributed by atoms with Crippen molar-refractivity contribution in [2.24, 2.45) is 0 Å². The average Bonchev–Trinajstić information content (AvgIpc) is 3.27. The van der Waals surface area contributed by atoms with Crippen LogP contribution in [0.3, 0.4) is 0 Å². The third kappa shape index (κ3) is 4.21. The molecular formula is C25H24N4O5S. The van der Waals surface area contributed by atoms with Crippen LogP contribution in [0, 0.1) is 0 Å². The molecule has 3 aromatic rings. The molecule has 1 unspecified atom stereocenters. The van der Waals surface area contributed by atoms with E-state index in [0.29, 0.717) is 46.8 Å².